The summed E-state index contributed by atoms with van der Waals surface area (Å²) >= 11 is 5.67. The molecular weight excluding hydrogens is 300 g/mol. The van der Waals surface area contributed by atoms with E-state index in [4.69, 9.17) is 21.1 Å². The van der Waals surface area contributed by atoms with Gasteiger partial charge in [-0.2, -0.15) is 0 Å². The lowest BCUT2D eigenvalue weighted by Gasteiger charge is -2.17. The topological polar surface area (TPSA) is 90.7 Å². The highest BCUT2D eigenvalue weighted by Crippen LogP contribution is 2.30. The number of ether oxygens (including phenoxy) is 2. The summed E-state index contributed by atoms with van der Waals surface area (Å²) in [6, 6.07) is 3.90. The summed E-state index contributed by atoms with van der Waals surface area (Å²) in [4.78, 5) is 22.6. The van der Waals surface area contributed by atoms with Crippen LogP contribution in [0.2, 0.25) is 0 Å². The number of para-hydroxylation sites is 1. The summed E-state index contributed by atoms with van der Waals surface area (Å²) in [5.74, 6) is -0.176. The van der Waals surface area contributed by atoms with E-state index in [0.29, 0.717) is 18.9 Å². The molecule has 8 heteroatoms. The molecule has 1 rings (SSSR count). The van der Waals surface area contributed by atoms with Crippen molar-refractivity contribution < 1.29 is 19.2 Å². The lowest BCUT2D eigenvalue weighted by atomic mass is 10.1. The van der Waals surface area contributed by atoms with Crippen LogP contribution < -0.4 is 10.1 Å². The zero-order valence-electron chi connectivity index (χ0n) is 11.8. The summed E-state index contributed by atoms with van der Waals surface area (Å²) < 4.78 is 10.00. The van der Waals surface area contributed by atoms with Crippen LogP contribution in [0.3, 0.4) is 0 Å². The van der Waals surface area contributed by atoms with Gasteiger partial charge in [-0.3, -0.25) is 14.9 Å². The molecule has 0 aliphatic rings. The van der Waals surface area contributed by atoms with Crippen molar-refractivity contribution in [3.05, 3.63) is 33.9 Å². The van der Waals surface area contributed by atoms with Gasteiger partial charge in [0.25, 0.3) is 5.91 Å². The summed E-state index contributed by atoms with van der Waals surface area (Å²) in [6.45, 7) is 0.301. The van der Waals surface area contributed by atoms with Crippen LogP contribution in [0.5, 0.6) is 5.75 Å². The maximum Gasteiger partial charge on any atom is 0.311 e. The number of nitrogens with zero attached hydrogens (tertiary/aromatic N) is 1. The molecule has 0 radical (unpaired) electrons. The molecule has 0 aromatic heterocycles. The highest BCUT2D eigenvalue weighted by molar-refractivity contribution is 6.17. The predicted octanol–water partition coefficient (Wildman–Crippen LogP) is 1.98. The number of rotatable bonds is 8. The van der Waals surface area contributed by atoms with E-state index in [-0.39, 0.29) is 23.0 Å². The van der Waals surface area contributed by atoms with Crippen LogP contribution in [-0.2, 0) is 4.74 Å². The molecule has 1 aromatic rings. The van der Waals surface area contributed by atoms with Crippen LogP contribution in [0.15, 0.2) is 18.2 Å². The van der Waals surface area contributed by atoms with Crippen LogP contribution in [0, 0.1) is 10.1 Å². The molecule has 0 fully saturated rings. The number of alkyl halides is 1. The third-order valence-electron chi connectivity index (χ3n) is 2.80. The van der Waals surface area contributed by atoms with Crippen molar-refractivity contribution >= 4 is 23.2 Å². The van der Waals surface area contributed by atoms with Gasteiger partial charge in [-0.1, -0.05) is 6.07 Å². The van der Waals surface area contributed by atoms with E-state index in [1.807, 2.05) is 0 Å². The van der Waals surface area contributed by atoms with Crippen molar-refractivity contribution in [2.75, 3.05) is 26.7 Å². The summed E-state index contributed by atoms with van der Waals surface area (Å²) in [5.41, 5.74) is -0.159. The molecule has 1 unspecified atom stereocenters. The second-order valence-corrected chi connectivity index (χ2v) is 4.60. The van der Waals surface area contributed by atoms with Gasteiger partial charge in [0.2, 0.25) is 5.75 Å². The average Bonchev–Trinajstić information content (AvgIpc) is 2.46. The Morgan fingerprint density at radius 2 is 2.19 bits per heavy atom. The molecular formula is C13H17ClN2O5. The number of amides is 1. The quantitative estimate of drug-likeness (QED) is 0.450. The molecule has 116 valence electrons. The highest BCUT2D eigenvalue weighted by Gasteiger charge is 2.23. The third kappa shape index (κ3) is 4.57. The van der Waals surface area contributed by atoms with Crippen molar-refractivity contribution in [2.45, 2.75) is 12.5 Å². The summed E-state index contributed by atoms with van der Waals surface area (Å²) in [6.07, 6.45) is 0.526. The molecule has 0 heterocycles. The number of carbonyl (C=O) groups is 1. The molecule has 21 heavy (non-hydrogen) atoms. The van der Waals surface area contributed by atoms with Crippen LogP contribution in [0.1, 0.15) is 16.8 Å². The number of methoxy groups -OCH3 is 2. The van der Waals surface area contributed by atoms with Crippen molar-refractivity contribution in [1.29, 1.82) is 0 Å². The van der Waals surface area contributed by atoms with Gasteiger partial charge in [0.15, 0.2) is 0 Å². The molecule has 1 aromatic carbocycles. The Morgan fingerprint density at radius 1 is 1.48 bits per heavy atom. The highest BCUT2D eigenvalue weighted by atomic mass is 35.5. The second kappa shape index (κ2) is 8.43. The van der Waals surface area contributed by atoms with Gasteiger partial charge >= 0.3 is 5.69 Å². The van der Waals surface area contributed by atoms with Gasteiger partial charge in [0.1, 0.15) is 0 Å². The Balaban J connectivity index is 3.01. The molecule has 0 spiro atoms. The number of halogens is 1. The minimum atomic E-state index is -0.596. The van der Waals surface area contributed by atoms with E-state index < -0.39 is 10.8 Å². The van der Waals surface area contributed by atoms with Crippen LogP contribution >= 0.6 is 11.6 Å². The molecule has 7 nitrogen and oxygen atoms in total. The number of hydrogen-bond donors (Lipinski definition) is 1. The first kappa shape index (κ1) is 17.2. The second-order valence-electron chi connectivity index (χ2n) is 4.22. The molecule has 1 amide bonds. The fraction of sp³-hybridized carbons (Fsp3) is 0.462. The molecule has 1 atom stereocenters. The molecule has 0 saturated heterocycles. The molecule has 0 saturated carbocycles. The zero-order chi connectivity index (χ0) is 15.8. The number of benzene rings is 1. The predicted molar refractivity (Wildman–Crippen MR) is 78.1 cm³/mol. The van der Waals surface area contributed by atoms with Crippen molar-refractivity contribution in [3.8, 4) is 5.75 Å². The standard InChI is InChI=1S/C13H17ClN2O5/c1-20-8-9(6-7-14)15-13(17)10-4-3-5-11(16(18)19)12(10)21-2/h3-5,9H,6-8H2,1-2H3,(H,15,17). The van der Waals surface area contributed by atoms with E-state index in [1.165, 1.54) is 32.4 Å². The number of nitro groups is 1. The lowest BCUT2D eigenvalue weighted by molar-refractivity contribution is -0.385. The first-order valence-corrected chi connectivity index (χ1v) is 6.75. The van der Waals surface area contributed by atoms with E-state index in [1.54, 1.807) is 0 Å². The van der Waals surface area contributed by atoms with Gasteiger partial charge in [0.05, 0.1) is 30.2 Å². The van der Waals surface area contributed by atoms with E-state index in [0.717, 1.165) is 0 Å². The molecule has 0 aliphatic heterocycles. The number of hydrogen-bond acceptors (Lipinski definition) is 5. The Labute approximate surface area is 127 Å². The SMILES string of the molecule is COCC(CCCl)NC(=O)c1cccc([N+](=O)[O-])c1OC. The van der Waals surface area contributed by atoms with E-state index in [9.17, 15) is 14.9 Å². The molecule has 1 N–H and O–H groups in total. The summed E-state index contributed by atoms with van der Waals surface area (Å²) in [7, 11) is 2.80. The van der Waals surface area contributed by atoms with E-state index in [2.05, 4.69) is 5.32 Å². The Kier molecular flexibility index (Phi) is 6.90. The van der Waals surface area contributed by atoms with Gasteiger partial charge in [-0.05, 0) is 12.5 Å². The zero-order valence-corrected chi connectivity index (χ0v) is 12.6. The van der Waals surface area contributed by atoms with Gasteiger partial charge in [-0.15, -0.1) is 11.6 Å². The van der Waals surface area contributed by atoms with Crippen LogP contribution in [0.4, 0.5) is 5.69 Å². The average molecular weight is 317 g/mol. The maximum absolute atomic E-state index is 12.2. The third-order valence-corrected chi connectivity index (χ3v) is 3.02. The fourth-order valence-electron chi connectivity index (χ4n) is 1.86. The monoisotopic (exact) mass is 316 g/mol. The Bertz CT molecular complexity index is 503. The van der Waals surface area contributed by atoms with Gasteiger partial charge < -0.3 is 14.8 Å². The lowest BCUT2D eigenvalue weighted by Crippen LogP contribution is -2.38. The van der Waals surface area contributed by atoms with Gasteiger partial charge in [-0.25, -0.2) is 0 Å². The largest absolute Gasteiger partial charge is 0.490 e. The number of nitrogens with one attached hydrogen (secondary N) is 1. The minimum absolute atomic E-state index is 0.0676. The smallest absolute Gasteiger partial charge is 0.311 e. The Morgan fingerprint density at radius 3 is 2.71 bits per heavy atom. The van der Waals surface area contributed by atoms with Crippen LogP contribution in [0.25, 0.3) is 0 Å². The normalized spacial score (nSPS) is 11.8. The molecule has 0 bridgehead atoms. The minimum Gasteiger partial charge on any atom is -0.490 e. The fourth-order valence-corrected chi connectivity index (χ4v) is 2.12. The van der Waals surface area contributed by atoms with Crippen LogP contribution in [-0.4, -0.2) is 43.6 Å². The number of carbonyl (C=O) groups excluding carboxylic acids is 1. The molecule has 0 aliphatic carbocycles. The maximum atomic E-state index is 12.2. The van der Waals surface area contributed by atoms with Crippen molar-refractivity contribution in [3.63, 3.8) is 0 Å². The van der Waals surface area contributed by atoms with Crippen molar-refractivity contribution in [2.24, 2.45) is 0 Å². The number of nitro benzene ring substituents is 1. The van der Waals surface area contributed by atoms with E-state index >= 15 is 0 Å². The Hall–Kier alpha value is -1.86. The first-order chi connectivity index (χ1) is 10.0. The summed E-state index contributed by atoms with van der Waals surface area (Å²) in [5, 5.41) is 13.7. The van der Waals surface area contributed by atoms with Crippen molar-refractivity contribution in [1.82, 2.24) is 5.32 Å². The first-order valence-electron chi connectivity index (χ1n) is 6.22. The van der Waals surface area contributed by atoms with Gasteiger partial charge in [0, 0.05) is 19.1 Å².